The molecule has 3 aromatic rings. The Morgan fingerprint density at radius 1 is 1.29 bits per heavy atom. The van der Waals surface area contributed by atoms with Crippen molar-refractivity contribution in [1.82, 2.24) is 4.98 Å². The molecule has 0 bridgehead atoms. The second-order valence-electron chi connectivity index (χ2n) is 4.29. The van der Waals surface area contributed by atoms with Crippen LogP contribution in [0.5, 0.6) is 5.75 Å². The Morgan fingerprint density at radius 3 is 2.86 bits per heavy atom. The minimum absolute atomic E-state index is 0.272. The van der Waals surface area contributed by atoms with E-state index >= 15 is 0 Å². The van der Waals surface area contributed by atoms with Crippen LogP contribution < -0.4 is 10.1 Å². The molecule has 2 aromatic carbocycles. The van der Waals surface area contributed by atoms with Crippen molar-refractivity contribution in [1.29, 1.82) is 0 Å². The standard InChI is InChI=1S/C15H11ClN2O2S/c1-20-9-6-7-12-13(8-9)21-15(17-12)18-14(19)10-4-2-3-5-11(10)16/h2-8H,1H3,(H,17,18,19). The lowest BCUT2D eigenvalue weighted by molar-refractivity contribution is 0.102. The van der Waals surface area contributed by atoms with E-state index in [-0.39, 0.29) is 5.91 Å². The van der Waals surface area contributed by atoms with Gasteiger partial charge in [-0.05, 0) is 30.3 Å². The lowest BCUT2D eigenvalue weighted by atomic mass is 10.2. The number of nitrogens with one attached hydrogen (secondary N) is 1. The summed E-state index contributed by atoms with van der Waals surface area (Å²) in [5.74, 6) is 0.488. The fourth-order valence-corrected chi connectivity index (χ4v) is 3.01. The lowest BCUT2D eigenvalue weighted by Crippen LogP contribution is -2.11. The first-order valence-corrected chi connectivity index (χ1v) is 7.37. The number of hydrogen-bond acceptors (Lipinski definition) is 4. The third kappa shape index (κ3) is 2.84. The van der Waals surface area contributed by atoms with E-state index in [1.54, 1.807) is 31.4 Å². The summed E-state index contributed by atoms with van der Waals surface area (Å²) in [5, 5.41) is 3.71. The first kappa shape index (κ1) is 13.9. The van der Waals surface area contributed by atoms with Crippen molar-refractivity contribution in [3.8, 4) is 5.75 Å². The fourth-order valence-electron chi connectivity index (χ4n) is 1.90. The second kappa shape index (κ2) is 5.71. The summed E-state index contributed by atoms with van der Waals surface area (Å²) < 4.78 is 6.12. The number of amides is 1. The SMILES string of the molecule is COc1ccc2nc(NC(=O)c3ccccc3Cl)sc2c1. The van der Waals surface area contributed by atoms with Gasteiger partial charge in [0.05, 0.1) is 27.9 Å². The molecule has 0 unspecified atom stereocenters. The minimum Gasteiger partial charge on any atom is -0.497 e. The van der Waals surface area contributed by atoms with Crippen LogP contribution in [0.4, 0.5) is 5.13 Å². The molecular formula is C15H11ClN2O2S. The molecule has 0 spiro atoms. The Bertz CT molecular complexity index is 816. The molecule has 1 aromatic heterocycles. The van der Waals surface area contributed by atoms with Crippen molar-refractivity contribution in [3.63, 3.8) is 0 Å². The summed E-state index contributed by atoms with van der Waals surface area (Å²) in [6.07, 6.45) is 0. The highest BCUT2D eigenvalue weighted by Gasteiger charge is 2.12. The summed E-state index contributed by atoms with van der Waals surface area (Å²) in [4.78, 5) is 16.6. The molecule has 0 fully saturated rings. The van der Waals surface area contributed by atoms with Gasteiger partial charge < -0.3 is 4.74 Å². The van der Waals surface area contributed by atoms with Crippen LogP contribution in [-0.2, 0) is 0 Å². The zero-order valence-corrected chi connectivity index (χ0v) is 12.7. The molecule has 0 aliphatic rings. The number of nitrogens with zero attached hydrogens (tertiary/aromatic N) is 1. The van der Waals surface area contributed by atoms with Gasteiger partial charge in [0.15, 0.2) is 5.13 Å². The number of halogens is 1. The van der Waals surface area contributed by atoms with Gasteiger partial charge in [-0.2, -0.15) is 0 Å². The number of anilines is 1. The number of ether oxygens (including phenoxy) is 1. The second-order valence-corrected chi connectivity index (χ2v) is 5.72. The number of carbonyl (C=O) groups is 1. The topological polar surface area (TPSA) is 51.2 Å². The number of rotatable bonds is 3. The van der Waals surface area contributed by atoms with Gasteiger partial charge in [0.25, 0.3) is 5.91 Å². The van der Waals surface area contributed by atoms with Crippen molar-refractivity contribution in [2.75, 3.05) is 12.4 Å². The smallest absolute Gasteiger partial charge is 0.258 e. The monoisotopic (exact) mass is 318 g/mol. The molecule has 0 atom stereocenters. The van der Waals surface area contributed by atoms with Crippen LogP contribution in [0.25, 0.3) is 10.2 Å². The van der Waals surface area contributed by atoms with Crippen LogP contribution in [0.3, 0.4) is 0 Å². The number of carbonyl (C=O) groups excluding carboxylic acids is 1. The predicted octanol–water partition coefficient (Wildman–Crippen LogP) is 4.21. The molecule has 6 heteroatoms. The summed E-state index contributed by atoms with van der Waals surface area (Å²) in [7, 11) is 1.61. The number of benzene rings is 2. The molecule has 1 N–H and O–H groups in total. The van der Waals surface area contributed by atoms with Crippen LogP contribution in [0.15, 0.2) is 42.5 Å². The average Bonchev–Trinajstić information content (AvgIpc) is 2.88. The number of thiazole rings is 1. The van der Waals surface area contributed by atoms with Gasteiger partial charge in [-0.1, -0.05) is 35.1 Å². The number of aromatic nitrogens is 1. The predicted molar refractivity (Wildman–Crippen MR) is 85.6 cm³/mol. The molecule has 1 heterocycles. The summed E-state index contributed by atoms with van der Waals surface area (Å²) in [6, 6.07) is 12.5. The molecular weight excluding hydrogens is 308 g/mol. The third-order valence-electron chi connectivity index (χ3n) is 2.93. The highest BCUT2D eigenvalue weighted by Crippen LogP contribution is 2.29. The summed E-state index contributed by atoms with van der Waals surface area (Å²) in [5.41, 5.74) is 1.24. The van der Waals surface area contributed by atoms with E-state index in [4.69, 9.17) is 16.3 Å². The highest BCUT2D eigenvalue weighted by molar-refractivity contribution is 7.22. The molecule has 4 nitrogen and oxygen atoms in total. The summed E-state index contributed by atoms with van der Waals surface area (Å²) >= 11 is 7.40. The van der Waals surface area contributed by atoms with Crippen LogP contribution in [0.1, 0.15) is 10.4 Å². The maximum absolute atomic E-state index is 12.2. The van der Waals surface area contributed by atoms with Crippen molar-refractivity contribution >= 4 is 44.2 Å². The Kier molecular flexibility index (Phi) is 3.77. The molecule has 3 rings (SSSR count). The quantitative estimate of drug-likeness (QED) is 0.787. The molecule has 0 saturated heterocycles. The average molecular weight is 319 g/mol. The van der Waals surface area contributed by atoms with Crippen molar-refractivity contribution in [3.05, 3.63) is 53.1 Å². The fraction of sp³-hybridized carbons (Fsp3) is 0.0667. The van der Waals surface area contributed by atoms with E-state index in [2.05, 4.69) is 10.3 Å². The molecule has 0 radical (unpaired) electrons. The third-order valence-corrected chi connectivity index (χ3v) is 4.20. The highest BCUT2D eigenvalue weighted by atomic mass is 35.5. The Balaban J connectivity index is 1.88. The van der Waals surface area contributed by atoms with E-state index in [0.717, 1.165) is 16.0 Å². The first-order valence-electron chi connectivity index (χ1n) is 6.18. The van der Waals surface area contributed by atoms with Crippen LogP contribution >= 0.6 is 22.9 Å². The van der Waals surface area contributed by atoms with Gasteiger partial charge in [0.1, 0.15) is 5.75 Å². The normalized spacial score (nSPS) is 10.6. The maximum atomic E-state index is 12.2. The van der Waals surface area contributed by atoms with E-state index < -0.39 is 0 Å². The molecule has 21 heavy (non-hydrogen) atoms. The van der Waals surface area contributed by atoms with Gasteiger partial charge >= 0.3 is 0 Å². The largest absolute Gasteiger partial charge is 0.497 e. The Hall–Kier alpha value is -2.11. The van der Waals surface area contributed by atoms with Gasteiger partial charge in [0, 0.05) is 0 Å². The van der Waals surface area contributed by atoms with E-state index in [9.17, 15) is 4.79 Å². The Morgan fingerprint density at radius 2 is 2.10 bits per heavy atom. The molecule has 0 aliphatic heterocycles. The van der Waals surface area contributed by atoms with Crippen LogP contribution in [0.2, 0.25) is 5.02 Å². The van der Waals surface area contributed by atoms with Crippen molar-refractivity contribution in [2.24, 2.45) is 0 Å². The zero-order valence-electron chi connectivity index (χ0n) is 11.1. The molecule has 0 aliphatic carbocycles. The van der Waals surface area contributed by atoms with E-state index in [1.165, 1.54) is 11.3 Å². The number of hydrogen-bond donors (Lipinski definition) is 1. The van der Waals surface area contributed by atoms with Gasteiger partial charge in [-0.15, -0.1) is 0 Å². The van der Waals surface area contributed by atoms with Crippen molar-refractivity contribution in [2.45, 2.75) is 0 Å². The minimum atomic E-state index is -0.272. The Labute approximate surface area is 130 Å². The van der Waals surface area contributed by atoms with Gasteiger partial charge in [-0.25, -0.2) is 4.98 Å². The first-order chi connectivity index (χ1) is 10.2. The van der Waals surface area contributed by atoms with E-state index in [1.807, 2.05) is 18.2 Å². The van der Waals surface area contributed by atoms with Gasteiger partial charge in [0.2, 0.25) is 0 Å². The summed E-state index contributed by atoms with van der Waals surface area (Å²) in [6.45, 7) is 0. The van der Waals surface area contributed by atoms with Crippen LogP contribution in [-0.4, -0.2) is 18.0 Å². The number of methoxy groups -OCH3 is 1. The lowest BCUT2D eigenvalue weighted by Gasteiger charge is -2.02. The number of fused-ring (bicyclic) bond motifs is 1. The zero-order chi connectivity index (χ0) is 14.8. The van der Waals surface area contributed by atoms with Crippen LogP contribution in [0, 0.1) is 0 Å². The molecule has 0 saturated carbocycles. The molecule has 1 amide bonds. The van der Waals surface area contributed by atoms with Gasteiger partial charge in [-0.3, -0.25) is 10.1 Å². The molecule has 106 valence electrons. The van der Waals surface area contributed by atoms with E-state index in [0.29, 0.717) is 15.7 Å². The van der Waals surface area contributed by atoms with Crippen molar-refractivity contribution < 1.29 is 9.53 Å². The maximum Gasteiger partial charge on any atom is 0.258 e.